The first-order chi connectivity index (χ1) is 12.6. The Morgan fingerprint density at radius 2 is 1.77 bits per heavy atom. The fourth-order valence-electron chi connectivity index (χ4n) is 3.29. The van der Waals surface area contributed by atoms with Gasteiger partial charge in [-0.05, 0) is 36.6 Å². The maximum Gasteiger partial charge on any atom is 0.387 e. The van der Waals surface area contributed by atoms with Crippen molar-refractivity contribution in [1.29, 1.82) is 0 Å². The topological polar surface area (TPSA) is 32.8 Å². The Balaban J connectivity index is 1.79. The molecule has 0 saturated carbocycles. The Kier molecular flexibility index (Phi) is 5.71. The highest BCUT2D eigenvalue weighted by atomic mass is 19.3. The van der Waals surface area contributed by atoms with Gasteiger partial charge in [0.2, 0.25) is 0 Å². The molecule has 2 aromatic rings. The normalized spacial score (nSPS) is 13.9. The highest BCUT2D eigenvalue weighted by molar-refractivity contribution is 5.96. The highest BCUT2D eigenvalue weighted by Gasteiger charge is 2.21. The number of para-hydroxylation sites is 2. The van der Waals surface area contributed by atoms with Gasteiger partial charge < -0.3 is 14.5 Å². The van der Waals surface area contributed by atoms with Crippen molar-refractivity contribution in [3.05, 3.63) is 59.7 Å². The second kappa shape index (κ2) is 8.17. The number of amides is 1. The molecule has 0 aromatic heterocycles. The molecule has 0 radical (unpaired) electrons. The molecular formula is C20H22F2N2O2. The van der Waals surface area contributed by atoms with Gasteiger partial charge in [-0.3, -0.25) is 4.79 Å². The van der Waals surface area contributed by atoms with Crippen LogP contribution in [0.15, 0.2) is 48.5 Å². The molecule has 1 saturated heterocycles. The largest absolute Gasteiger partial charge is 0.434 e. The van der Waals surface area contributed by atoms with E-state index in [-0.39, 0.29) is 17.2 Å². The summed E-state index contributed by atoms with van der Waals surface area (Å²) in [5.74, 6) is -0.454. The zero-order valence-corrected chi connectivity index (χ0v) is 14.7. The lowest BCUT2D eigenvalue weighted by atomic mass is 10.1. The van der Waals surface area contributed by atoms with Crippen molar-refractivity contribution >= 4 is 11.6 Å². The summed E-state index contributed by atoms with van der Waals surface area (Å²) in [6.45, 7) is -0.543. The lowest BCUT2D eigenvalue weighted by molar-refractivity contribution is -0.0502. The molecule has 0 N–H and O–H groups in total. The van der Waals surface area contributed by atoms with Crippen molar-refractivity contribution in [2.75, 3.05) is 25.0 Å². The molecule has 1 amide bonds. The zero-order chi connectivity index (χ0) is 18.5. The van der Waals surface area contributed by atoms with Crippen LogP contribution >= 0.6 is 0 Å². The van der Waals surface area contributed by atoms with Crippen LogP contribution in [0.4, 0.5) is 14.5 Å². The van der Waals surface area contributed by atoms with Crippen LogP contribution in [0.25, 0.3) is 0 Å². The lowest BCUT2D eigenvalue weighted by Gasteiger charge is -2.25. The quantitative estimate of drug-likeness (QED) is 0.775. The molecule has 0 aliphatic carbocycles. The van der Waals surface area contributed by atoms with E-state index in [1.807, 2.05) is 18.2 Å². The Bertz CT molecular complexity index is 761. The van der Waals surface area contributed by atoms with Crippen LogP contribution < -0.4 is 9.64 Å². The number of hydrogen-bond donors (Lipinski definition) is 0. The molecule has 0 atom stereocenters. The van der Waals surface area contributed by atoms with E-state index in [4.69, 9.17) is 0 Å². The van der Waals surface area contributed by atoms with E-state index in [9.17, 15) is 13.6 Å². The number of ether oxygens (including phenoxy) is 1. The third-order valence-corrected chi connectivity index (χ3v) is 4.53. The minimum absolute atomic E-state index is 0.104. The van der Waals surface area contributed by atoms with Crippen LogP contribution in [0.5, 0.6) is 5.75 Å². The Morgan fingerprint density at radius 1 is 1.12 bits per heavy atom. The second-order valence-corrected chi connectivity index (χ2v) is 6.36. The molecule has 3 rings (SSSR count). The van der Waals surface area contributed by atoms with Crippen LogP contribution in [0.3, 0.4) is 0 Å². The van der Waals surface area contributed by atoms with Crippen molar-refractivity contribution in [3.8, 4) is 5.75 Å². The Hall–Kier alpha value is -2.63. The summed E-state index contributed by atoms with van der Waals surface area (Å²) >= 11 is 0. The van der Waals surface area contributed by atoms with Crippen LogP contribution in [0.2, 0.25) is 0 Å². The van der Waals surface area contributed by atoms with Crippen LogP contribution in [0, 0.1) is 0 Å². The minimum atomic E-state index is -2.97. The highest BCUT2D eigenvalue weighted by Crippen LogP contribution is 2.27. The number of nitrogens with zero attached hydrogens (tertiary/aromatic N) is 2. The average molecular weight is 360 g/mol. The first-order valence-electron chi connectivity index (χ1n) is 8.68. The lowest BCUT2D eigenvalue weighted by Crippen LogP contribution is -2.28. The van der Waals surface area contributed by atoms with Gasteiger partial charge in [-0.2, -0.15) is 8.78 Å². The number of benzene rings is 2. The molecule has 26 heavy (non-hydrogen) atoms. The van der Waals surface area contributed by atoms with E-state index in [0.29, 0.717) is 6.54 Å². The number of halogens is 2. The SMILES string of the molecule is CN(Cc1ccccc1N1CCCC1)C(=O)c1ccccc1OC(F)F. The summed E-state index contributed by atoms with van der Waals surface area (Å²) in [6, 6.07) is 14.1. The molecule has 6 heteroatoms. The number of carbonyl (C=O) groups excluding carboxylic acids is 1. The average Bonchev–Trinajstić information content (AvgIpc) is 3.16. The second-order valence-electron chi connectivity index (χ2n) is 6.36. The van der Waals surface area contributed by atoms with E-state index in [2.05, 4.69) is 15.7 Å². The van der Waals surface area contributed by atoms with Gasteiger partial charge in [0.25, 0.3) is 5.91 Å². The fraction of sp³-hybridized carbons (Fsp3) is 0.350. The smallest absolute Gasteiger partial charge is 0.387 e. The van der Waals surface area contributed by atoms with Gasteiger partial charge in [-0.1, -0.05) is 30.3 Å². The molecule has 138 valence electrons. The predicted molar refractivity (Wildman–Crippen MR) is 96.8 cm³/mol. The maximum atomic E-state index is 12.8. The first kappa shape index (κ1) is 18.2. The summed E-state index contributed by atoms with van der Waals surface area (Å²) < 4.78 is 29.7. The summed E-state index contributed by atoms with van der Waals surface area (Å²) in [5, 5.41) is 0. The van der Waals surface area contributed by atoms with Crippen molar-refractivity contribution in [2.45, 2.75) is 26.0 Å². The van der Waals surface area contributed by atoms with E-state index in [1.54, 1.807) is 19.2 Å². The molecule has 1 heterocycles. The Morgan fingerprint density at radius 3 is 2.50 bits per heavy atom. The number of hydrogen-bond acceptors (Lipinski definition) is 3. The fourth-order valence-corrected chi connectivity index (χ4v) is 3.29. The summed E-state index contributed by atoms with van der Waals surface area (Å²) in [6.07, 6.45) is 2.34. The minimum Gasteiger partial charge on any atom is -0.434 e. The maximum absolute atomic E-state index is 12.8. The molecule has 1 fully saturated rings. The van der Waals surface area contributed by atoms with Crippen LogP contribution in [-0.4, -0.2) is 37.6 Å². The van der Waals surface area contributed by atoms with Crippen molar-refractivity contribution in [3.63, 3.8) is 0 Å². The summed E-state index contributed by atoms with van der Waals surface area (Å²) in [7, 11) is 1.67. The van der Waals surface area contributed by atoms with Gasteiger partial charge in [-0.25, -0.2) is 0 Å². The molecule has 4 nitrogen and oxygen atoms in total. The number of alkyl halides is 2. The predicted octanol–water partition coefficient (Wildman–Crippen LogP) is 4.16. The van der Waals surface area contributed by atoms with Gasteiger partial charge >= 0.3 is 6.61 Å². The van der Waals surface area contributed by atoms with Gasteiger partial charge in [0, 0.05) is 32.4 Å². The van der Waals surface area contributed by atoms with E-state index >= 15 is 0 Å². The molecule has 0 spiro atoms. The standard InChI is InChI=1S/C20H22F2N2O2/c1-23(19(25)16-9-3-5-11-18(16)26-20(21)22)14-15-8-2-4-10-17(15)24-12-6-7-13-24/h2-5,8-11,20H,6-7,12-14H2,1H3. The van der Waals surface area contributed by atoms with Crippen LogP contribution in [0.1, 0.15) is 28.8 Å². The molecule has 0 unspecified atom stereocenters. The third kappa shape index (κ3) is 4.12. The number of rotatable bonds is 6. The van der Waals surface area contributed by atoms with Gasteiger partial charge in [0.15, 0.2) is 0 Å². The monoisotopic (exact) mass is 360 g/mol. The van der Waals surface area contributed by atoms with Gasteiger partial charge in [-0.15, -0.1) is 0 Å². The zero-order valence-electron chi connectivity index (χ0n) is 14.7. The van der Waals surface area contributed by atoms with E-state index in [0.717, 1.165) is 24.3 Å². The van der Waals surface area contributed by atoms with Crippen LogP contribution in [-0.2, 0) is 6.54 Å². The molecule has 1 aliphatic heterocycles. The molecular weight excluding hydrogens is 338 g/mol. The number of anilines is 1. The van der Waals surface area contributed by atoms with E-state index in [1.165, 1.54) is 29.9 Å². The van der Waals surface area contributed by atoms with Crippen molar-refractivity contribution in [1.82, 2.24) is 4.90 Å². The van der Waals surface area contributed by atoms with Gasteiger partial charge in [0.05, 0.1) is 5.56 Å². The Labute approximate surface area is 152 Å². The molecule has 1 aliphatic rings. The first-order valence-corrected chi connectivity index (χ1v) is 8.68. The van der Waals surface area contributed by atoms with Gasteiger partial charge in [0.1, 0.15) is 5.75 Å². The summed E-state index contributed by atoms with van der Waals surface area (Å²) in [5.41, 5.74) is 2.30. The molecule has 0 bridgehead atoms. The van der Waals surface area contributed by atoms with Crippen molar-refractivity contribution < 1.29 is 18.3 Å². The van der Waals surface area contributed by atoms with E-state index < -0.39 is 6.61 Å². The number of carbonyl (C=O) groups is 1. The van der Waals surface area contributed by atoms with Crippen molar-refractivity contribution in [2.24, 2.45) is 0 Å². The summed E-state index contributed by atoms with van der Waals surface area (Å²) in [4.78, 5) is 16.6. The third-order valence-electron chi connectivity index (χ3n) is 4.53. The molecule has 2 aromatic carbocycles.